The third kappa shape index (κ3) is 4.00. The van der Waals surface area contributed by atoms with Gasteiger partial charge in [-0.1, -0.05) is 18.2 Å². The van der Waals surface area contributed by atoms with Gasteiger partial charge in [-0.25, -0.2) is 0 Å². The normalized spacial score (nSPS) is 11.9. The highest BCUT2D eigenvalue weighted by Gasteiger charge is 2.10. The van der Waals surface area contributed by atoms with Gasteiger partial charge < -0.3 is 10.4 Å². The zero-order valence-corrected chi connectivity index (χ0v) is 11.7. The predicted octanol–water partition coefficient (Wildman–Crippen LogP) is 0.733. The smallest absolute Gasteiger partial charge is 0.271 e. The number of amides is 1. The molecule has 0 aliphatic heterocycles. The van der Waals surface area contributed by atoms with Crippen LogP contribution in [0.2, 0.25) is 0 Å². The van der Waals surface area contributed by atoms with E-state index in [0.717, 1.165) is 0 Å². The Labute approximate surface area is 122 Å². The fourth-order valence-electron chi connectivity index (χ4n) is 1.77. The van der Waals surface area contributed by atoms with Crippen LogP contribution in [0.4, 0.5) is 0 Å². The van der Waals surface area contributed by atoms with E-state index >= 15 is 0 Å². The van der Waals surface area contributed by atoms with Gasteiger partial charge in [0.2, 0.25) is 0 Å². The molecule has 0 radical (unpaired) electrons. The molecule has 21 heavy (non-hydrogen) atoms. The van der Waals surface area contributed by atoms with Crippen molar-refractivity contribution in [2.24, 2.45) is 0 Å². The molecule has 2 rings (SSSR count). The number of carbonyl (C=O) groups excluding carboxylic acids is 1. The maximum absolute atomic E-state index is 12.0. The first-order valence-corrected chi connectivity index (χ1v) is 6.70. The van der Waals surface area contributed by atoms with Crippen LogP contribution < -0.4 is 10.9 Å². The molecule has 1 atom stereocenters. The van der Waals surface area contributed by atoms with E-state index < -0.39 is 6.10 Å². The molecule has 2 N–H and O–H groups in total. The summed E-state index contributed by atoms with van der Waals surface area (Å²) in [4.78, 5) is 23.8. The highest BCUT2D eigenvalue weighted by atomic mass is 16.3. The van der Waals surface area contributed by atoms with E-state index in [9.17, 15) is 9.59 Å². The summed E-state index contributed by atoms with van der Waals surface area (Å²) >= 11 is 0. The summed E-state index contributed by atoms with van der Waals surface area (Å²) in [5, 5.41) is 15.9. The third-order valence-electron chi connectivity index (χ3n) is 2.88. The number of aliphatic hydroxyl groups excluding tert-OH is 1. The van der Waals surface area contributed by atoms with Crippen LogP contribution in [0.1, 0.15) is 23.8 Å². The average molecular weight is 287 g/mol. The summed E-state index contributed by atoms with van der Waals surface area (Å²) in [6.45, 7) is 2.00. The number of aromatic nitrogens is 2. The number of hydrogen-bond acceptors (Lipinski definition) is 4. The van der Waals surface area contributed by atoms with Gasteiger partial charge in [0.05, 0.1) is 11.8 Å². The van der Waals surface area contributed by atoms with E-state index in [0.29, 0.717) is 18.7 Å². The first-order valence-electron chi connectivity index (χ1n) is 6.70. The molecule has 0 spiro atoms. The number of aliphatic hydroxyl groups is 1. The summed E-state index contributed by atoms with van der Waals surface area (Å²) in [5.41, 5.74) is 0.451. The Hall–Kier alpha value is -2.47. The molecule has 6 nitrogen and oxygen atoms in total. The molecule has 1 heterocycles. The van der Waals surface area contributed by atoms with E-state index in [-0.39, 0.29) is 17.2 Å². The molecular formula is C15H17N3O3. The van der Waals surface area contributed by atoms with Crippen LogP contribution in [-0.2, 0) is 0 Å². The standard InChI is InChI=1S/C15H17N3O3/c1-11(19)9-10-16-15(21)13-7-8-14(20)18(17-13)12-5-3-2-4-6-12/h2-8,11,19H,9-10H2,1H3,(H,16,21). The highest BCUT2D eigenvalue weighted by Crippen LogP contribution is 2.02. The number of para-hydroxylation sites is 1. The molecule has 2 aromatic rings. The summed E-state index contributed by atoms with van der Waals surface area (Å²) < 4.78 is 1.18. The Morgan fingerprint density at radius 2 is 2.00 bits per heavy atom. The lowest BCUT2D eigenvalue weighted by molar-refractivity contribution is 0.0939. The van der Waals surface area contributed by atoms with Crippen molar-refractivity contribution in [3.05, 3.63) is 58.5 Å². The predicted molar refractivity (Wildman–Crippen MR) is 78.5 cm³/mol. The van der Waals surface area contributed by atoms with Crippen molar-refractivity contribution in [3.8, 4) is 5.69 Å². The maximum atomic E-state index is 12.0. The van der Waals surface area contributed by atoms with Crippen molar-refractivity contribution in [3.63, 3.8) is 0 Å². The van der Waals surface area contributed by atoms with Gasteiger partial charge in [0.25, 0.3) is 11.5 Å². The molecule has 110 valence electrons. The van der Waals surface area contributed by atoms with Crippen molar-refractivity contribution in [2.75, 3.05) is 6.54 Å². The molecule has 1 aromatic heterocycles. The molecule has 1 amide bonds. The fourth-order valence-corrected chi connectivity index (χ4v) is 1.77. The van der Waals surface area contributed by atoms with E-state index in [1.807, 2.05) is 6.07 Å². The van der Waals surface area contributed by atoms with Gasteiger partial charge in [0.15, 0.2) is 0 Å². The van der Waals surface area contributed by atoms with Crippen molar-refractivity contribution in [1.29, 1.82) is 0 Å². The minimum absolute atomic E-state index is 0.157. The molecule has 0 saturated heterocycles. The summed E-state index contributed by atoms with van der Waals surface area (Å²) in [6, 6.07) is 11.6. The fraction of sp³-hybridized carbons (Fsp3) is 0.267. The van der Waals surface area contributed by atoms with E-state index in [4.69, 9.17) is 5.11 Å². The Bertz CT molecular complexity index is 665. The third-order valence-corrected chi connectivity index (χ3v) is 2.88. The quantitative estimate of drug-likeness (QED) is 0.849. The van der Waals surface area contributed by atoms with Crippen molar-refractivity contribution in [2.45, 2.75) is 19.4 Å². The molecule has 0 bridgehead atoms. The van der Waals surface area contributed by atoms with Crippen LogP contribution in [0, 0.1) is 0 Å². The van der Waals surface area contributed by atoms with E-state index in [2.05, 4.69) is 10.4 Å². The van der Waals surface area contributed by atoms with Crippen LogP contribution in [0.3, 0.4) is 0 Å². The van der Waals surface area contributed by atoms with Crippen LogP contribution >= 0.6 is 0 Å². The van der Waals surface area contributed by atoms with Crippen LogP contribution in [0.5, 0.6) is 0 Å². The SMILES string of the molecule is CC(O)CCNC(=O)c1ccc(=O)n(-c2ccccc2)n1. The molecule has 1 unspecified atom stereocenters. The minimum atomic E-state index is -0.475. The van der Waals surface area contributed by atoms with Crippen LogP contribution in [0.15, 0.2) is 47.3 Å². The second-order valence-electron chi connectivity index (χ2n) is 4.70. The zero-order chi connectivity index (χ0) is 15.2. The second kappa shape index (κ2) is 6.81. The van der Waals surface area contributed by atoms with Gasteiger partial charge in [-0.3, -0.25) is 9.59 Å². The summed E-state index contributed by atoms with van der Waals surface area (Å²) in [7, 11) is 0. The number of rotatable bonds is 5. The van der Waals surface area contributed by atoms with Gasteiger partial charge in [-0.2, -0.15) is 9.78 Å². The van der Waals surface area contributed by atoms with Crippen molar-refractivity contribution in [1.82, 2.24) is 15.1 Å². The lowest BCUT2D eigenvalue weighted by Crippen LogP contribution is -2.30. The largest absolute Gasteiger partial charge is 0.393 e. The topological polar surface area (TPSA) is 84.2 Å². The molecule has 1 aromatic carbocycles. The number of carbonyl (C=O) groups is 1. The molecule has 0 aliphatic rings. The number of hydrogen-bond donors (Lipinski definition) is 2. The summed E-state index contributed by atoms with van der Waals surface area (Å²) in [6.07, 6.45) is -0.0131. The highest BCUT2D eigenvalue weighted by molar-refractivity contribution is 5.92. The zero-order valence-electron chi connectivity index (χ0n) is 11.7. The number of nitrogens with zero attached hydrogens (tertiary/aromatic N) is 2. The Morgan fingerprint density at radius 3 is 2.67 bits per heavy atom. The van der Waals surface area contributed by atoms with Crippen LogP contribution in [0.25, 0.3) is 5.69 Å². The summed E-state index contributed by atoms with van der Waals surface area (Å²) in [5.74, 6) is -0.375. The first-order chi connectivity index (χ1) is 10.1. The van der Waals surface area contributed by atoms with Crippen LogP contribution in [-0.4, -0.2) is 33.4 Å². The lowest BCUT2D eigenvalue weighted by Gasteiger charge is -2.08. The first kappa shape index (κ1) is 14.9. The lowest BCUT2D eigenvalue weighted by atomic mass is 10.3. The second-order valence-corrected chi connectivity index (χ2v) is 4.70. The molecular weight excluding hydrogens is 270 g/mol. The van der Waals surface area contributed by atoms with Crippen molar-refractivity contribution < 1.29 is 9.90 Å². The Balaban J connectivity index is 2.19. The van der Waals surface area contributed by atoms with Crippen molar-refractivity contribution >= 4 is 5.91 Å². The minimum Gasteiger partial charge on any atom is -0.393 e. The van der Waals surface area contributed by atoms with Gasteiger partial charge in [-0.15, -0.1) is 0 Å². The molecule has 6 heteroatoms. The number of benzene rings is 1. The van der Waals surface area contributed by atoms with Gasteiger partial charge in [0, 0.05) is 12.6 Å². The Morgan fingerprint density at radius 1 is 1.29 bits per heavy atom. The van der Waals surface area contributed by atoms with Gasteiger partial charge in [-0.05, 0) is 31.5 Å². The molecule has 0 aliphatic carbocycles. The Kier molecular flexibility index (Phi) is 4.84. The average Bonchev–Trinajstić information content (AvgIpc) is 2.48. The maximum Gasteiger partial charge on any atom is 0.271 e. The van der Waals surface area contributed by atoms with E-state index in [1.165, 1.54) is 16.8 Å². The molecule has 0 fully saturated rings. The molecule has 0 saturated carbocycles. The number of nitrogens with one attached hydrogen (secondary N) is 1. The monoisotopic (exact) mass is 287 g/mol. The van der Waals surface area contributed by atoms with Gasteiger partial charge in [0.1, 0.15) is 5.69 Å². The van der Waals surface area contributed by atoms with Gasteiger partial charge >= 0.3 is 0 Å². The van der Waals surface area contributed by atoms with E-state index in [1.54, 1.807) is 31.2 Å².